The van der Waals surface area contributed by atoms with Gasteiger partial charge in [-0.15, -0.1) is 0 Å². The third-order valence-corrected chi connectivity index (χ3v) is 4.08. The third kappa shape index (κ3) is 3.69. The van der Waals surface area contributed by atoms with Gasteiger partial charge in [-0.2, -0.15) is 0 Å². The fourth-order valence-corrected chi connectivity index (χ4v) is 2.76. The van der Waals surface area contributed by atoms with Crippen LogP contribution in [-0.4, -0.2) is 27.0 Å². The summed E-state index contributed by atoms with van der Waals surface area (Å²) in [6.07, 6.45) is 3.59. The van der Waals surface area contributed by atoms with Gasteiger partial charge in [-0.25, -0.2) is 13.1 Å². The molecular formula is C12H17N3O3S. The van der Waals surface area contributed by atoms with Gasteiger partial charge in [0.15, 0.2) is 0 Å². The van der Waals surface area contributed by atoms with Crippen molar-refractivity contribution in [1.29, 1.82) is 0 Å². The van der Waals surface area contributed by atoms with E-state index in [9.17, 15) is 8.42 Å². The summed E-state index contributed by atoms with van der Waals surface area (Å²) in [6, 6.07) is 5.21. The smallest absolute Gasteiger partial charge is 0.242 e. The molecule has 19 heavy (non-hydrogen) atoms. The highest BCUT2D eigenvalue weighted by Gasteiger charge is 2.15. The molecule has 3 N–H and O–H groups in total. The van der Waals surface area contributed by atoms with Crippen molar-refractivity contribution in [2.75, 3.05) is 13.6 Å². The molecule has 0 saturated heterocycles. The van der Waals surface area contributed by atoms with Gasteiger partial charge in [-0.1, -0.05) is 0 Å². The number of aromatic nitrogens is 1. The van der Waals surface area contributed by atoms with Crippen LogP contribution in [0.25, 0.3) is 0 Å². The van der Waals surface area contributed by atoms with Crippen molar-refractivity contribution < 1.29 is 12.8 Å². The van der Waals surface area contributed by atoms with E-state index in [2.05, 4.69) is 15.0 Å². The van der Waals surface area contributed by atoms with Crippen molar-refractivity contribution in [2.24, 2.45) is 0 Å². The SMILES string of the molecule is CNCc1cc(S(=O)(=O)NCCc2ccco2)c[nH]1. The van der Waals surface area contributed by atoms with Crippen molar-refractivity contribution in [1.82, 2.24) is 15.0 Å². The Hall–Kier alpha value is -1.57. The second-order valence-electron chi connectivity index (χ2n) is 4.12. The van der Waals surface area contributed by atoms with Gasteiger partial charge >= 0.3 is 0 Å². The summed E-state index contributed by atoms with van der Waals surface area (Å²) >= 11 is 0. The number of H-pyrrole nitrogens is 1. The summed E-state index contributed by atoms with van der Waals surface area (Å²) in [5.41, 5.74) is 0.828. The molecule has 0 unspecified atom stereocenters. The van der Waals surface area contributed by atoms with Gasteiger partial charge in [-0.05, 0) is 25.2 Å². The molecule has 0 atom stereocenters. The zero-order valence-corrected chi connectivity index (χ0v) is 11.5. The van der Waals surface area contributed by atoms with Gasteiger partial charge in [0.1, 0.15) is 5.76 Å². The van der Waals surface area contributed by atoms with Crippen LogP contribution >= 0.6 is 0 Å². The minimum Gasteiger partial charge on any atom is -0.469 e. The molecule has 2 heterocycles. The number of sulfonamides is 1. The minimum absolute atomic E-state index is 0.247. The summed E-state index contributed by atoms with van der Waals surface area (Å²) in [4.78, 5) is 3.16. The molecular weight excluding hydrogens is 266 g/mol. The lowest BCUT2D eigenvalue weighted by Gasteiger charge is -2.03. The fourth-order valence-electron chi connectivity index (χ4n) is 1.71. The van der Waals surface area contributed by atoms with Crippen LogP contribution in [0, 0.1) is 0 Å². The van der Waals surface area contributed by atoms with E-state index in [1.165, 1.54) is 6.20 Å². The first-order chi connectivity index (χ1) is 9.12. The molecule has 6 nitrogen and oxygen atoms in total. The first-order valence-corrected chi connectivity index (χ1v) is 7.44. The van der Waals surface area contributed by atoms with E-state index in [1.807, 2.05) is 6.07 Å². The van der Waals surface area contributed by atoms with Gasteiger partial charge in [-0.3, -0.25) is 0 Å². The van der Waals surface area contributed by atoms with E-state index in [0.717, 1.165) is 11.5 Å². The molecule has 104 valence electrons. The quantitative estimate of drug-likeness (QED) is 0.703. The lowest BCUT2D eigenvalue weighted by Crippen LogP contribution is -2.25. The zero-order chi connectivity index (χ0) is 13.7. The lowest BCUT2D eigenvalue weighted by molar-refractivity contribution is 0.506. The topological polar surface area (TPSA) is 87.1 Å². The average Bonchev–Trinajstić information content (AvgIpc) is 3.00. The summed E-state index contributed by atoms with van der Waals surface area (Å²) < 4.78 is 31.7. The second kappa shape index (κ2) is 6.05. The molecule has 0 bridgehead atoms. The van der Waals surface area contributed by atoms with Gasteiger partial charge in [0.2, 0.25) is 10.0 Å². The van der Waals surface area contributed by atoms with Crippen LogP contribution in [0.15, 0.2) is 40.0 Å². The molecule has 0 aliphatic rings. The van der Waals surface area contributed by atoms with E-state index in [-0.39, 0.29) is 4.90 Å². The van der Waals surface area contributed by atoms with E-state index in [0.29, 0.717) is 19.5 Å². The third-order valence-electron chi connectivity index (χ3n) is 2.64. The first-order valence-electron chi connectivity index (χ1n) is 5.96. The zero-order valence-electron chi connectivity index (χ0n) is 10.6. The van der Waals surface area contributed by atoms with Crippen LogP contribution in [0.3, 0.4) is 0 Å². The number of aromatic amines is 1. The molecule has 0 aliphatic heterocycles. The molecule has 0 aliphatic carbocycles. The predicted octanol–water partition coefficient (Wildman–Crippen LogP) is 0.848. The normalized spacial score (nSPS) is 11.8. The van der Waals surface area contributed by atoms with Crippen molar-refractivity contribution in [3.05, 3.63) is 42.1 Å². The Labute approximate surface area is 112 Å². The standard InChI is InChI=1S/C12H17N3O3S/c1-13-8-10-7-12(9-14-10)19(16,17)15-5-4-11-3-2-6-18-11/h2-3,6-7,9,13-15H,4-5,8H2,1H3. The molecule has 0 aromatic carbocycles. The Morgan fingerprint density at radius 3 is 2.95 bits per heavy atom. The molecule has 0 amide bonds. The maximum atomic E-state index is 12.0. The van der Waals surface area contributed by atoms with Crippen molar-refractivity contribution in [3.8, 4) is 0 Å². The molecule has 0 fully saturated rings. The van der Waals surface area contributed by atoms with E-state index >= 15 is 0 Å². The Morgan fingerprint density at radius 2 is 2.26 bits per heavy atom. The van der Waals surface area contributed by atoms with Crippen LogP contribution in [0.2, 0.25) is 0 Å². The van der Waals surface area contributed by atoms with Crippen LogP contribution in [-0.2, 0) is 23.0 Å². The maximum absolute atomic E-state index is 12.0. The molecule has 2 aromatic rings. The van der Waals surface area contributed by atoms with Gasteiger partial charge < -0.3 is 14.7 Å². The molecule has 0 saturated carbocycles. The summed E-state index contributed by atoms with van der Waals surface area (Å²) in [7, 11) is -1.66. The molecule has 0 radical (unpaired) electrons. The van der Waals surface area contributed by atoms with E-state index < -0.39 is 10.0 Å². The van der Waals surface area contributed by atoms with Gasteiger partial charge in [0.05, 0.1) is 11.2 Å². The number of furan rings is 1. The average molecular weight is 283 g/mol. The Morgan fingerprint density at radius 1 is 1.42 bits per heavy atom. The largest absolute Gasteiger partial charge is 0.469 e. The van der Waals surface area contributed by atoms with E-state index in [1.54, 1.807) is 25.4 Å². The fraction of sp³-hybridized carbons (Fsp3) is 0.333. The van der Waals surface area contributed by atoms with Gasteiger partial charge in [0.25, 0.3) is 0 Å². The summed E-state index contributed by atoms with van der Waals surface area (Å²) in [5.74, 6) is 0.757. The first kappa shape index (κ1) is 13.9. The van der Waals surface area contributed by atoms with Crippen LogP contribution in [0.1, 0.15) is 11.5 Å². The summed E-state index contributed by atoms with van der Waals surface area (Å²) in [5, 5.41) is 2.95. The Balaban J connectivity index is 1.93. The summed E-state index contributed by atoms with van der Waals surface area (Å²) in [6.45, 7) is 0.907. The monoisotopic (exact) mass is 283 g/mol. The van der Waals surface area contributed by atoms with Crippen molar-refractivity contribution in [2.45, 2.75) is 17.9 Å². The van der Waals surface area contributed by atoms with Crippen LogP contribution in [0.5, 0.6) is 0 Å². The Bertz CT molecular complexity index is 602. The number of hydrogen-bond acceptors (Lipinski definition) is 4. The highest BCUT2D eigenvalue weighted by molar-refractivity contribution is 7.89. The van der Waals surface area contributed by atoms with Crippen molar-refractivity contribution >= 4 is 10.0 Å². The van der Waals surface area contributed by atoms with Crippen LogP contribution in [0.4, 0.5) is 0 Å². The lowest BCUT2D eigenvalue weighted by atomic mass is 10.3. The number of hydrogen-bond donors (Lipinski definition) is 3. The molecule has 0 spiro atoms. The van der Waals surface area contributed by atoms with E-state index in [4.69, 9.17) is 4.42 Å². The van der Waals surface area contributed by atoms with Gasteiger partial charge in [0, 0.05) is 31.4 Å². The predicted molar refractivity (Wildman–Crippen MR) is 71.2 cm³/mol. The van der Waals surface area contributed by atoms with Crippen LogP contribution < -0.4 is 10.0 Å². The number of rotatable bonds is 7. The maximum Gasteiger partial charge on any atom is 0.242 e. The molecule has 2 aromatic heterocycles. The molecule has 2 rings (SSSR count). The highest BCUT2D eigenvalue weighted by atomic mass is 32.2. The highest BCUT2D eigenvalue weighted by Crippen LogP contribution is 2.10. The molecule has 7 heteroatoms. The minimum atomic E-state index is -3.46. The van der Waals surface area contributed by atoms with Crippen molar-refractivity contribution in [3.63, 3.8) is 0 Å². The number of nitrogens with one attached hydrogen (secondary N) is 3. The Kier molecular flexibility index (Phi) is 4.41. The second-order valence-corrected chi connectivity index (χ2v) is 5.89.